The summed E-state index contributed by atoms with van der Waals surface area (Å²) in [4.78, 5) is 2.16. The molecule has 0 bridgehead atoms. The van der Waals surface area contributed by atoms with Crippen LogP contribution in [0.5, 0.6) is 0 Å². The summed E-state index contributed by atoms with van der Waals surface area (Å²) in [5, 5.41) is 7.67. The lowest BCUT2D eigenvalue weighted by molar-refractivity contribution is 0.764. The average Bonchev–Trinajstić information content (AvgIpc) is 2.27. The molecule has 0 aliphatic carbocycles. The average molecular weight is 316 g/mol. The molecule has 0 aromatic heterocycles. The minimum absolute atomic E-state index is 0.0932. The Morgan fingerprint density at radius 1 is 1.59 bits per heavy atom. The Kier molecular flexibility index (Phi) is 5.33. The zero-order valence-corrected chi connectivity index (χ0v) is 12.7. The van der Waals surface area contributed by atoms with Gasteiger partial charge in [-0.2, -0.15) is 11.8 Å². The topological polar surface area (TPSA) is 53.1 Å². The number of hydrogen-bond acceptors (Lipinski definition) is 3. The molecule has 0 saturated heterocycles. The van der Waals surface area contributed by atoms with Crippen molar-refractivity contribution in [2.75, 3.05) is 24.0 Å². The Morgan fingerprint density at radius 3 is 2.76 bits per heavy atom. The van der Waals surface area contributed by atoms with Crippen molar-refractivity contribution in [2.24, 2.45) is 5.73 Å². The third-order valence-corrected chi connectivity index (χ3v) is 4.19. The number of anilines is 1. The molecule has 0 saturated carbocycles. The van der Waals surface area contributed by atoms with Crippen molar-refractivity contribution in [2.45, 2.75) is 13.0 Å². The van der Waals surface area contributed by atoms with E-state index in [1.54, 1.807) is 0 Å². The van der Waals surface area contributed by atoms with Crippen LogP contribution in [0.2, 0.25) is 0 Å². The van der Waals surface area contributed by atoms with E-state index < -0.39 is 0 Å². The van der Waals surface area contributed by atoms with Gasteiger partial charge in [0.15, 0.2) is 0 Å². The zero-order valence-electron chi connectivity index (χ0n) is 10.3. The van der Waals surface area contributed by atoms with Crippen molar-refractivity contribution >= 4 is 39.2 Å². The minimum Gasteiger partial charge on any atom is -0.384 e. The first-order valence-corrected chi connectivity index (χ1v) is 7.52. The van der Waals surface area contributed by atoms with Gasteiger partial charge >= 0.3 is 0 Å². The molecule has 1 atom stereocenters. The van der Waals surface area contributed by atoms with Crippen molar-refractivity contribution in [3.63, 3.8) is 0 Å². The van der Waals surface area contributed by atoms with Gasteiger partial charge in [-0.25, -0.2) is 0 Å². The van der Waals surface area contributed by atoms with Crippen molar-refractivity contribution in [3.8, 4) is 0 Å². The fraction of sp³-hybridized carbons (Fsp3) is 0.417. The molecular weight excluding hydrogens is 298 g/mol. The van der Waals surface area contributed by atoms with E-state index in [1.807, 2.05) is 37.0 Å². The molecule has 0 aliphatic rings. The normalized spacial score (nSPS) is 12.2. The van der Waals surface area contributed by atoms with E-state index in [4.69, 9.17) is 11.1 Å². The molecule has 94 valence electrons. The SMILES string of the molecule is CSCC(C)N(C)c1cccc(Br)c1C(=N)N. The molecule has 0 heterocycles. The predicted molar refractivity (Wildman–Crippen MR) is 81.4 cm³/mol. The highest BCUT2D eigenvalue weighted by Crippen LogP contribution is 2.28. The molecule has 0 aliphatic heterocycles. The van der Waals surface area contributed by atoms with Crippen LogP contribution < -0.4 is 10.6 Å². The third-order valence-electron chi connectivity index (χ3n) is 2.71. The minimum atomic E-state index is 0.0932. The molecule has 3 nitrogen and oxygen atoms in total. The maximum atomic E-state index is 7.67. The second kappa shape index (κ2) is 6.31. The lowest BCUT2D eigenvalue weighted by Gasteiger charge is -2.28. The Labute approximate surface area is 115 Å². The highest BCUT2D eigenvalue weighted by molar-refractivity contribution is 9.10. The molecule has 0 amide bonds. The monoisotopic (exact) mass is 315 g/mol. The molecule has 5 heteroatoms. The molecule has 17 heavy (non-hydrogen) atoms. The van der Waals surface area contributed by atoms with Crippen molar-refractivity contribution in [1.82, 2.24) is 0 Å². The lowest BCUT2D eigenvalue weighted by Crippen LogP contribution is -2.32. The summed E-state index contributed by atoms with van der Waals surface area (Å²) >= 11 is 5.26. The summed E-state index contributed by atoms with van der Waals surface area (Å²) in [6, 6.07) is 6.28. The Morgan fingerprint density at radius 2 is 2.24 bits per heavy atom. The van der Waals surface area contributed by atoms with Crippen LogP contribution >= 0.6 is 27.7 Å². The van der Waals surface area contributed by atoms with Crippen LogP contribution in [0.4, 0.5) is 5.69 Å². The van der Waals surface area contributed by atoms with Gasteiger partial charge in [0.25, 0.3) is 0 Å². The second-order valence-electron chi connectivity index (χ2n) is 3.96. The molecule has 1 unspecified atom stereocenters. The first kappa shape index (κ1) is 14.4. The van der Waals surface area contributed by atoms with Crippen molar-refractivity contribution < 1.29 is 0 Å². The smallest absolute Gasteiger partial charge is 0.126 e. The largest absolute Gasteiger partial charge is 0.384 e. The number of benzene rings is 1. The van der Waals surface area contributed by atoms with Gasteiger partial charge < -0.3 is 10.6 Å². The van der Waals surface area contributed by atoms with Crippen molar-refractivity contribution in [3.05, 3.63) is 28.2 Å². The second-order valence-corrected chi connectivity index (χ2v) is 5.73. The molecule has 3 N–H and O–H groups in total. The molecule has 1 aromatic rings. The fourth-order valence-corrected chi connectivity index (χ4v) is 2.94. The number of rotatable bonds is 5. The molecule has 1 aromatic carbocycles. The predicted octanol–water partition coefficient (Wildman–Crippen LogP) is 2.92. The Hall–Kier alpha value is -0.680. The summed E-state index contributed by atoms with van der Waals surface area (Å²) in [5.41, 5.74) is 7.41. The Bertz CT molecular complexity index is 409. The number of nitrogen functional groups attached to an aromatic ring is 1. The molecule has 1 rings (SSSR count). The third kappa shape index (κ3) is 3.39. The van der Waals surface area contributed by atoms with E-state index >= 15 is 0 Å². The maximum Gasteiger partial charge on any atom is 0.126 e. The summed E-state index contributed by atoms with van der Waals surface area (Å²) in [5.74, 6) is 1.14. The van der Waals surface area contributed by atoms with E-state index in [0.717, 1.165) is 21.5 Å². The summed E-state index contributed by atoms with van der Waals surface area (Å²) < 4.78 is 0.866. The van der Waals surface area contributed by atoms with Gasteiger partial charge in [-0.1, -0.05) is 6.07 Å². The van der Waals surface area contributed by atoms with Gasteiger partial charge in [0, 0.05) is 29.0 Å². The first-order chi connectivity index (χ1) is 7.99. The highest BCUT2D eigenvalue weighted by Gasteiger charge is 2.16. The summed E-state index contributed by atoms with van der Waals surface area (Å²) in [6.07, 6.45) is 2.09. The number of halogens is 1. The van der Waals surface area contributed by atoms with Gasteiger partial charge in [-0.05, 0) is 41.2 Å². The number of nitrogens with one attached hydrogen (secondary N) is 1. The van der Waals surface area contributed by atoms with Gasteiger partial charge in [-0.15, -0.1) is 0 Å². The Balaban J connectivity index is 3.13. The summed E-state index contributed by atoms with van der Waals surface area (Å²) in [7, 11) is 2.04. The van der Waals surface area contributed by atoms with E-state index in [0.29, 0.717) is 6.04 Å². The molecular formula is C12H18BrN3S. The van der Waals surface area contributed by atoms with Gasteiger partial charge in [0.05, 0.1) is 5.56 Å². The van der Waals surface area contributed by atoms with E-state index in [1.165, 1.54) is 0 Å². The van der Waals surface area contributed by atoms with Crippen LogP contribution in [0.25, 0.3) is 0 Å². The number of amidine groups is 1. The van der Waals surface area contributed by atoms with Crippen LogP contribution in [0.3, 0.4) is 0 Å². The maximum absolute atomic E-state index is 7.67. The van der Waals surface area contributed by atoms with Gasteiger partial charge in [0.1, 0.15) is 5.84 Å². The molecule has 0 spiro atoms. The standard InChI is InChI=1S/C12H18BrN3S/c1-8(7-17-3)16(2)10-6-4-5-9(13)11(10)12(14)15/h4-6,8H,7H2,1-3H3,(H3,14,15). The molecule has 0 radical (unpaired) electrons. The van der Waals surface area contributed by atoms with E-state index in [9.17, 15) is 0 Å². The van der Waals surface area contributed by atoms with Crippen molar-refractivity contribution in [1.29, 1.82) is 5.41 Å². The van der Waals surface area contributed by atoms with E-state index in [2.05, 4.69) is 34.0 Å². The van der Waals surface area contributed by atoms with Crippen LogP contribution in [-0.4, -0.2) is 30.9 Å². The van der Waals surface area contributed by atoms with Crippen LogP contribution in [0.1, 0.15) is 12.5 Å². The van der Waals surface area contributed by atoms with Crippen LogP contribution in [0, 0.1) is 5.41 Å². The molecule has 0 fully saturated rings. The van der Waals surface area contributed by atoms with Crippen LogP contribution in [0.15, 0.2) is 22.7 Å². The first-order valence-electron chi connectivity index (χ1n) is 5.33. The quantitative estimate of drug-likeness (QED) is 0.649. The summed E-state index contributed by atoms with van der Waals surface area (Å²) in [6.45, 7) is 2.17. The number of nitrogens with two attached hydrogens (primary N) is 1. The lowest BCUT2D eigenvalue weighted by atomic mass is 10.1. The highest BCUT2D eigenvalue weighted by atomic mass is 79.9. The van der Waals surface area contributed by atoms with Gasteiger partial charge in [-0.3, -0.25) is 5.41 Å². The van der Waals surface area contributed by atoms with E-state index in [-0.39, 0.29) is 5.84 Å². The number of nitrogens with zero attached hydrogens (tertiary/aromatic N) is 1. The van der Waals surface area contributed by atoms with Gasteiger partial charge in [0.2, 0.25) is 0 Å². The fourth-order valence-electron chi connectivity index (χ4n) is 1.66. The number of thioether (sulfide) groups is 1. The zero-order chi connectivity index (χ0) is 13.0. The number of hydrogen-bond donors (Lipinski definition) is 2. The van der Waals surface area contributed by atoms with Crippen LogP contribution in [-0.2, 0) is 0 Å².